The molecule has 1 N–H and O–H groups in total. The van der Waals surface area contributed by atoms with Crippen LogP contribution in [0.2, 0.25) is 0 Å². The van der Waals surface area contributed by atoms with Gasteiger partial charge in [-0.25, -0.2) is 4.79 Å². The van der Waals surface area contributed by atoms with Gasteiger partial charge in [-0.05, 0) is 30.7 Å². The van der Waals surface area contributed by atoms with Crippen molar-refractivity contribution in [3.8, 4) is 5.75 Å². The quantitative estimate of drug-likeness (QED) is 0.361. The van der Waals surface area contributed by atoms with Crippen molar-refractivity contribution in [2.45, 2.75) is 13.5 Å². The van der Waals surface area contributed by atoms with Crippen LogP contribution in [0.4, 0.5) is 0 Å². The number of furan rings is 1. The van der Waals surface area contributed by atoms with Crippen LogP contribution in [0.3, 0.4) is 0 Å². The summed E-state index contributed by atoms with van der Waals surface area (Å²) in [5.74, 6) is 0.823. The molecule has 0 aliphatic heterocycles. The molecule has 2 aromatic carbocycles. The van der Waals surface area contributed by atoms with Gasteiger partial charge in [-0.3, -0.25) is 4.79 Å². The molecule has 0 spiro atoms. The molecule has 0 saturated heterocycles. The van der Waals surface area contributed by atoms with Gasteiger partial charge in [0.2, 0.25) is 0 Å². The van der Waals surface area contributed by atoms with Gasteiger partial charge in [0.1, 0.15) is 22.8 Å². The van der Waals surface area contributed by atoms with Gasteiger partial charge in [0.25, 0.3) is 5.91 Å². The van der Waals surface area contributed by atoms with Crippen molar-refractivity contribution < 1.29 is 23.5 Å². The average molecular weight is 405 g/mol. The molecule has 0 radical (unpaired) electrons. The SMILES string of the molecule is COC(=O)c1cc(CNC(=O)/C(=C/c2ccccc2OC)c2ccccc2)oc1C. The molecule has 3 rings (SSSR count). The highest BCUT2D eigenvalue weighted by Crippen LogP contribution is 2.25. The number of amides is 1. The van der Waals surface area contributed by atoms with Gasteiger partial charge in [0.05, 0.1) is 20.8 Å². The number of nitrogens with one attached hydrogen (secondary N) is 1. The number of carbonyl (C=O) groups excluding carboxylic acids is 2. The number of hydrogen-bond donors (Lipinski definition) is 1. The van der Waals surface area contributed by atoms with Crippen LogP contribution in [0, 0.1) is 6.92 Å². The number of aryl methyl sites for hydroxylation is 1. The fourth-order valence-corrected chi connectivity index (χ4v) is 3.04. The number of ether oxygens (including phenoxy) is 2. The minimum atomic E-state index is -0.477. The Labute approximate surface area is 175 Å². The van der Waals surface area contributed by atoms with Gasteiger partial charge in [0, 0.05) is 11.1 Å². The molecule has 0 saturated carbocycles. The van der Waals surface area contributed by atoms with Gasteiger partial charge in [-0.15, -0.1) is 0 Å². The van der Waals surface area contributed by atoms with Crippen molar-refractivity contribution >= 4 is 23.5 Å². The van der Waals surface area contributed by atoms with Crippen LogP contribution in [0.15, 0.2) is 65.1 Å². The van der Waals surface area contributed by atoms with Gasteiger partial charge < -0.3 is 19.2 Å². The first-order valence-electron chi connectivity index (χ1n) is 9.39. The van der Waals surface area contributed by atoms with Crippen molar-refractivity contribution in [2.75, 3.05) is 14.2 Å². The summed E-state index contributed by atoms with van der Waals surface area (Å²) in [6.45, 7) is 1.81. The lowest BCUT2D eigenvalue weighted by Gasteiger charge is -2.10. The molecule has 6 nitrogen and oxygen atoms in total. The van der Waals surface area contributed by atoms with Crippen LogP contribution in [0.1, 0.15) is 33.0 Å². The van der Waals surface area contributed by atoms with E-state index in [1.807, 2.05) is 54.6 Å². The summed E-state index contributed by atoms with van der Waals surface area (Å²) in [5.41, 5.74) is 2.38. The summed E-state index contributed by atoms with van der Waals surface area (Å²) < 4.78 is 15.7. The summed E-state index contributed by atoms with van der Waals surface area (Å²) >= 11 is 0. The van der Waals surface area contributed by atoms with E-state index in [0.717, 1.165) is 11.1 Å². The molecule has 0 aliphatic rings. The largest absolute Gasteiger partial charge is 0.496 e. The standard InChI is InChI=1S/C24H23NO5/c1-16-20(24(27)29-3)14-19(30-16)15-25-23(26)21(17-9-5-4-6-10-17)13-18-11-7-8-12-22(18)28-2/h4-14H,15H2,1-3H3,(H,25,26)/b21-13+. The van der Waals surface area contributed by atoms with Gasteiger partial charge in [-0.2, -0.15) is 0 Å². The smallest absolute Gasteiger partial charge is 0.341 e. The van der Waals surface area contributed by atoms with E-state index in [1.54, 1.807) is 26.2 Å². The molecular weight excluding hydrogens is 382 g/mol. The normalized spacial score (nSPS) is 11.1. The van der Waals surface area contributed by atoms with Gasteiger partial charge in [-0.1, -0.05) is 48.5 Å². The molecule has 1 aromatic heterocycles. The monoisotopic (exact) mass is 405 g/mol. The zero-order valence-electron chi connectivity index (χ0n) is 17.1. The van der Waals surface area contributed by atoms with Crippen molar-refractivity contribution in [2.24, 2.45) is 0 Å². The number of para-hydroxylation sites is 1. The summed E-state index contributed by atoms with van der Waals surface area (Å²) in [5, 5.41) is 2.86. The van der Waals surface area contributed by atoms with Crippen LogP contribution in [0.5, 0.6) is 5.75 Å². The zero-order valence-corrected chi connectivity index (χ0v) is 17.1. The maximum atomic E-state index is 13.0. The Kier molecular flexibility index (Phi) is 6.70. The molecule has 0 atom stereocenters. The number of esters is 1. The molecule has 0 bridgehead atoms. The second-order valence-corrected chi connectivity index (χ2v) is 6.52. The Hall–Kier alpha value is -3.80. The van der Waals surface area contributed by atoms with E-state index in [0.29, 0.717) is 28.4 Å². The fourth-order valence-electron chi connectivity index (χ4n) is 3.04. The lowest BCUT2D eigenvalue weighted by atomic mass is 10.0. The second kappa shape index (κ2) is 9.60. The number of carbonyl (C=O) groups is 2. The van der Waals surface area contributed by atoms with E-state index in [4.69, 9.17) is 13.9 Å². The first-order chi connectivity index (χ1) is 14.5. The maximum absolute atomic E-state index is 13.0. The Balaban J connectivity index is 1.87. The number of hydrogen-bond acceptors (Lipinski definition) is 5. The molecule has 0 fully saturated rings. The summed E-state index contributed by atoms with van der Waals surface area (Å²) in [6.07, 6.45) is 1.79. The van der Waals surface area contributed by atoms with Crippen molar-refractivity contribution in [3.05, 3.63) is 88.9 Å². The third-order valence-electron chi connectivity index (χ3n) is 4.57. The van der Waals surface area contributed by atoms with Gasteiger partial charge >= 0.3 is 5.97 Å². The highest BCUT2D eigenvalue weighted by Gasteiger charge is 2.17. The van der Waals surface area contributed by atoms with Crippen LogP contribution in [-0.2, 0) is 16.1 Å². The Morgan fingerprint density at radius 2 is 1.73 bits per heavy atom. The Morgan fingerprint density at radius 3 is 2.43 bits per heavy atom. The van der Waals surface area contributed by atoms with Crippen LogP contribution in [0.25, 0.3) is 11.6 Å². The van der Waals surface area contributed by atoms with E-state index in [-0.39, 0.29) is 12.5 Å². The molecule has 1 heterocycles. The van der Waals surface area contributed by atoms with E-state index < -0.39 is 5.97 Å². The number of rotatable bonds is 7. The summed E-state index contributed by atoms with van der Waals surface area (Å²) in [4.78, 5) is 24.8. The fraction of sp³-hybridized carbons (Fsp3) is 0.167. The highest BCUT2D eigenvalue weighted by molar-refractivity contribution is 6.24. The summed E-state index contributed by atoms with van der Waals surface area (Å²) in [6, 6.07) is 18.4. The molecule has 3 aromatic rings. The lowest BCUT2D eigenvalue weighted by molar-refractivity contribution is -0.115. The zero-order chi connectivity index (χ0) is 21.5. The van der Waals surface area contributed by atoms with Crippen LogP contribution in [-0.4, -0.2) is 26.1 Å². The molecular formula is C24H23NO5. The third kappa shape index (κ3) is 4.78. The number of benzene rings is 2. The van der Waals surface area contributed by atoms with Crippen LogP contribution >= 0.6 is 0 Å². The molecule has 1 amide bonds. The minimum Gasteiger partial charge on any atom is -0.496 e. The van der Waals surface area contributed by atoms with Crippen LogP contribution < -0.4 is 10.1 Å². The minimum absolute atomic E-state index is 0.132. The maximum Gasteiger partial charge on any atom is 0.341 e. The van der Waals surface area contributed by atoms with E-state index in [1.165, 1.54) is 7.11 Å². The van der Waals surface area contributed by atoms with Crippen molar-refractivity contribution in [1.82, 2.24) is 5.32 Å². The molecule has 30 heavy (non-hydrogen) atoms. The Morgan fingerprint density at radius 1 is 1.03 bits per heavy atom. The molecule has 154 valence electrons. The second-order valence-electron chi connectivity index (χ2n) is 6.52. The van der Waals surface area contributed by atoms with Gasteiger partial charge in [0.15, 0.2) is 0 Å². The molecule has 0 aliphatic carbocycles. The first kappa shape index (κ1) is 20.9. The third-order valence-corrected chi connectivity index (χ3v) is 4.57. The average Bonchev–Trinajstić information content (AvgIpc) is 3.16. The van der Waals surface area contributed by atoms with Crippen molar-refractivity contribution in [3.63, 3.8) is 0 Å². The predicted molar refractivity (Wildman–Crippen MR) is 114 cm³/mol. The first-order valence-corrected chi connectivity index (χ1v) is 9.39. The Bertz CT molecular complexity index is 1070. The highest BCUT2D eigenvalue weighted by atomic mass is 16.5. The summed E-state index contributed by atoms with van der Waals surface area (Å²) in [7, 11) is 2.90. The van der Waals surface area contributed by atoms with E-state index in [2.05, 4.69) is 5.32 Å². The van der Waals surface area contributed by atoms with E-state index in [9.17, 15) is 9.59 Å². The van der Waals surface area contributed by atoms with Crippen molar-refractivity contribution in [1.29, 1.82) is 0 Å². The molecule has 6 heteroatoms. The predicted octanol–water partition coefficient (Wildman–Crippen LogP) is 4.24. The topological polar surface area (TPSA) is 77.8 Å². The molecule has 0 unspecified atom stereocenters. The van der Waals surface area contributed by atoms with E-state index >= 15 is 0 Å². The number of methoxy groups -OCH3 is 2. The lowest BCUT2D eigenvalue weighted by Crippen LogP contribution is -2.23.